The Bertz CT molecular complexity index is 355. The fourth-order valence-electron chi connectivity index (χ4n) is 2.23. The highest BCUT2D eigenvalue weighted by molar-refractivity contribution is 6.35. The minimum Gasteiger partial charge on any atom is -0.393 e. The lowest BCUT2D eigenvalue weighted by atomic mass is 9.93. The maximum Gasteiger partial charge on any atom is 0.0541 e. The molecule has 17 heavy (non-hydrogen) atoms. The Kier molecular flexibility index (Phi) is 4.69. The Hall–Kier alpha value is -0.280. The standard InChI is InChI=1S/C13H17Cl2NO/c14-12-2-1-3-13(15)11(12)8-16-9-4-6-10(17)7-5-9/h1-3,9-10,16-17H,4-8H2. The van der Waals surface area contributed by atoms with Gasteiger partial charge in [-0.05, 0) is 37.8 Å². The summed E-state index contributed by atoms with van der Waals surface area (Å²) in [6.07, 6.45) is 3.69. The second-order valence-corrected chi connectivity index (χ2v) is 5.40. The van der Waals surface area contributed by atoms with E-state index in [4.69, 9.17) is 23.2 Å². The number of benzene rings is 1. The molecule has 0 aromatic heterocycles. The first-order chi connectivity index (χ1) is 8.16. The summed E-state index contributed by atoms with van der Waals surface area (Å²) >= 11 is 12.2. The van der Waals surface area contributed by atoms with Gasteiger partial charge in [-0.25, -0.2) is 0 Å². The van der Waals surface area contributed by atoms with E-state index in [0.717, 1.165) is 31.2 Å². The average molecular weight is 274 g/mol. The minimum atomic E-state index is -0.114. The zero-order chi connectivity index (χ0) is 12.3. The lowest BCUT2D eigenvalue weighted by molar-refractivity contribution is 0.116. The second kappa shape index (κ2) is 6.05. The van der Waals surface area contributed by atoms with Gasteiger partial charge in [0.05, 0.1) is 6.10 Å². The number of hydrogen-bond donors (Lipinski definition) is 2. The monoisotopic (exact) mass is 273 g/mol. The Morgan fingerprint density at radius 1 is 1.12 bits per heavy atom. The maximum absolute atomic E-state index is 9.43. The molecule has 0 bridgehead atoms. The number of aliphatic hydroxyl groups excluding tert-OH is 1. The van der Waals surface area contributed by atoms with Crippen molar-refractivity contribution in [3.8, 4) is 0 Å². The van der Waals surface area contributed by atoms with E-state index in [2.05, 4.69) is 5.32 Å². The smallest absolute Gasteiger partial charge is 0.0541 e. The molecular formula is C13H17Cl2NO. The second-order valence-electron chi connectivity index (χ2n) is 4.59. The van der Waals surface area contributed by atoms with Crippen LogP contribution in [0.3, 0.4) is 0 Å². The van der Waals surface area contributed by atoms with Gasteiger partial charge in [-0.15, -0.1) is 0 Å². The molecule has 0 unspecified atom stereocenters. The van der Waals surface area contributed by atoms with Crippen molar-refractivity contribution >= 4 is 23.2 Å². The van der Waals surface area contributed by atoms with Crippen molar-refractivity contribution in [2.45, 2.75) is 44.4 Å². The third-order valence-electron chi connectivity index (χ3n) is 3.33. The predicted molar refractivity (Wildman–Crippen MR) is 71.6 cm³/mol. The number of aliphatic hydroxyl groups is 1. The van der Waals surface area contributed by atoms with E-state index in [-0.39, 0.29) is 6.10 Å². The van der Waals surface area contributed by atoms with E-state index in [1.54, 1.807) is 0 Å². The third-order valence-corrected chi connectivity index (χ3v) is 4.03. The first-order valence-electron chi connectivity index (χ1n) is 6.01. The van der Waals surface area contributed by atoms with E-state index in [1.165, 1.54) is 0 Å². The number of rotatable bonds is 3. The van der Waals surface area contributed by atoms with E-state index >= 15 is 0 Å². The van der Waals surface area contributed by atoms with Crippen LogP contribution in [0.1, 0.15) is 31.2 Å². The van der Waals surface area contributed by atoms with Gasteiger partial charge in [0.15, 0.2) is 0 Å². The lowest BCUT2D eigenvalue weighted by Crippen LogP contribution is -2.34. The van der Waals surface area contributed by atoms with Crippen molar-refractivity contribution in [3.05, 3.63) is 33.8 Å². The molecule has 0 amide bonds. The molecule has 0 saturated heterocycles. The molecule has 1 aromatic carbocycles. The van der Waals surface area contributed by atoms with E-state index < -0.39 is 0 Å². The van der Waals surface area contributed by atoms with Crippen LogP contribution in [0.25, 0.3) is 0 Å². The van der Waals surface area contributed by atoms with Gasteiger partial charge in [0.2, 0.25) is 0 Å². The molecule has 0 heterocycles. The normalized spacial score (nSPS) is 24.9. The molecule has 1 saturated carbocycles. The fourth-order valence-corrected chi connectivity index (χ4v) is 2.76. The summed E-state index contributed by atoms with van der Waals surface area (Å²) in [7, 11) is 0. The summed E-state index contributed by atoms with van der Waals surface area (Å²) in [6, 6.07) is 6.03. The van der Waals surface area contributed by atoms with Crippen LogP contribution in [0.5, 0.6) is 0 Å². The maximum atomic E-state index is 9.43. The van der Waals surface area contributed by atoms with Gasteiger partial charge >= 0.3 is 0 Å². The largest absolute Gasteiger partial charge is 0.393 e. The quantitative estimate of drug-likeness (QED) is 0.885. The Labute approximate surface area is 112 Å². The van der Waals surface area contributed by atoms with Crippen LogP contribution >= 0.6 is 23.2 Å². The molecule has 2 N–H and O–H groups in total. The molecule has 1 fully saturated rings. The van der Waals surface area contributed by atoms with Crippen LogP contribution in [0, 0.1) is 0 Å². The van der Waals surface area contributed by atoms with E-state index in [1.807, 2.05) is 18.2 Å². The van der Waals surface area contributed by atoms with Crippen LogP contribution in [-0.2, 0) is 6.54 Å². The molecule has 4 heteroatoms. The summed E-state index contributed by atoms with van der Waals surface area (Å²) in [4.78, 5) is 0. The highest BCUT2D eigenvalue weighted by Crippen LogP contribution is 2.25. The number of nitrogens with one attached hydrogen (secondary N) is 1. The predicted octanol–water partition coefficient (Wildman–Crippen LogP) is 3.39. The molecule has 0 radical (unpaired) electrons. The van der Waals surface area contributed by atoms with Crippen molar-refractivity contribution in [2.24, 2.45) is 0 Å². The van der Waals surface area contributed by atoms with Gasteiger partial charge in [-0.3, -0.25) is 0 Å². The molecule has 2 rings (SSSR count). The molecule has 0 atom stereocenters. The SMILES string of the molecule is OC1CCC(NCc2c(Cl)cccc2Cl)CC1. The molecular weight excluding hydrogens is 257 g/mol. The van der Waals surface area contributed by atoms with Crippen molar-refractivity contribution < 1.29 is 5.11 Å². The van der Waals surface area contributed by atoms with Crippen molar-refractivity contribution in [2.75, 3.05) is 0 Å². The summed E-state index contributed by atoms with van der Waals surface area (Å²) < 4.78 is 0. The van der Waals surface area contributed by atoms with Gasteiger partial charge in [-0.2, -0.15) is 0 Å². The summed E-state index contributed by atoms with van der Waals surface area (Å²) in [6.45, 7) is 0.694. The lowest BCUT2D eigenvalue weighted by Gasteiger charge is -2.26. The molecule has 0 aliphatic heterocycles. The topological polar surface area (TPSA) is 32.3 Å². The van der Waals surface area contributed by atoms with Gasteiger partial charge < -0.3 is 10.4 Å². The highest BCUT2D eigenvalue weighted by Gasteiger charge is 2.19. The first-order valence-corrected chi connectivity index (χ1v) is 6.76. The first kappa shape index (κ1) is 13.2. The van der Waals surface area contributed by atoms with Crippen molar-refractivity contribution in [3.63, 3.8) is 0 Å². The molecule has 0 spiro atoms. The van der Waals surface area contributed by atoms with Crippen molar-refractivity contribution in [1.29, 1.82) is 0 Å². The summed E-state index contributed by atoms with van der Waals surface area (Å²) in [5.41, 5.74) is 0.960. The fraction of sp³-hybridized carbons (Fsp3) is 0.538. The number of halogens is 2. The number of hydrogen-bond acceptors (Lipinski definition) is 2. The average Bonchev–Trinajstić information content (AvgIpc) is 2.31. The van der Waals surface area contributed by atoms with E-state index in [9.17, 15) is 5.11 Å². The van der Waals surface area contributed by atoms with Gasteiger partial charge in [-0.1, -0.05) is 29.3 Å². The van der Waals surface area contributed by atoms with E-state index in [0.29, 0.717) is 22.6 Å². The van der Waals surface area contributed by atoms with Crippen LogP contribution < -0.4 is 5.32 Å². The van der Waals surface area contributed by atoms with Crippen molar-refractivity contribution in [1.82, 2.24) is 5.32 Å². The summed E-state index contributed by atoms with van der Waals surface area (Å²) in [5.74, 6) is 0. The highest BCUT2D eigenvalue weighted by atomic mass is 35.5. The minimum absolute atomic E-state index is 0.114. The molecule has 94 valence electrons. The van der Waals surface area contributed by atoms with Gasteiger partial charge in [0.25, 0.3) is 0 Å². The Morgan fingerprint density at radius 2 is 1.71 bits per heavy atom. The van der Waals surface area contributed by atoms with Crippen LogP contribution in [0.4, 0.5) is 0 Å². The summed E-state index contributed by atoms with van der Waals surface area (Å²) in [5, 5.41) is 14.3. The van der Waals surface area contributed by atoms with Crippen LogP contribution in [0.2, 0.25) is 10.0 Å². The molecule has 1 aliphatic carbocycles. The Morgan fingerprint density at radius 3 is 2.29 bits per heavy atom. The molecule has 2 nitrogen and oxygen atoms in total. The van der Waals surface area contributed by atoms with Gasteiger partial charge in [0, 0.05) is 28.2 Å². The Balaban J connectivity index is 1.89. The van der Waals surface area contributed by atoms with Gasteiger partial charge in [0.1, 0.15) is 0 Å². The van der Waals surface area contributed by atoms with Crippen LogP contribution in [-0.4, -0.2) is 17.3 Å². The molecule has 1 aromatic rings. The zero-order valence-corrected chi connectivity index (χ0v) is 11.1. The van der Waals surface area contributed by atoms with Crippen LogP contribution in [0.15, 0.2) is 18.2 Å². The zero-order valence-electron chi connectivity index (χ0n) is 9.63. The molecule has 1 aliphatic rings. The third kappa shape index (κ3) is 3.59.